The van der Waals surface area contributed by atoms with Gasteiger partial charge in [0.15, 0.2) is 11.5 Å². The standard InChI is InChI=1S/C32H38N4O4/c1-4-40-27-13-10-25(11-14-27)29-21-28(26-12-15-30(38-2)31(20-26)39-3)33-36(29)32(37)23-35-18-16-34(17-19-35)22-24-8-6-5-7-9-24/h5-15,20,29H,4,16-19,21-23H2,1-3H3. The van der Waals surface area contributed by atoms with Gasteiger partial charge in [0.1, 0.15) is 5.75 Å². The molecule has 8 heteroatoms. The van der Waals surface area contributed by atoms with Crippen LogP contribution >= 0.6 is 0 Å². The van der Waals surface area contributed by atoms with Crippen molar-refractivity contribution in [3.05, 3.63) is 89.5 Å². The fourth-order valence-corrected chi connectivity index (χ4v) is 5.35. The molecule has 2 aliphatic rings. The average Bonchev–Trinajstić information content (AvgIpc) is 3.45. The SMILES string of the molecule is CCOc1ccc(C2CC(c3ccc(OC)c(OC)c3)=NN2C(=O)CN2CCN(Cc3ccccc3)CC2)cc1. The number of benzene rings is 3. The van der Waals surface area contributed by atoms with E-state index in [9.17, 15) is 4.79 Å². The molecular weight excluding hydrogens is 504 g/mol. The fraction of sp³-hybridized carbons (Fsp3) is 0.375. The predicted molar refractivity (Wildman–Crippen MR) is 156 cm³/mol. The largest absolute Gasteiger partial charge is 0.494 e. The highest BCUT2D eigenvalue weighted by Crippen LogP contribution is 2.36. The molecular formula is C32H38N4O4. The molecule has 0 bridgehead atoms. The second-order valence-corrected chi connectivity index (χ2v) is 10.1. The Morgan fingerprint density at radius 3 is 2.25 bits per heavy atom. The van der Waals surface area contributed by atoms with Crippen molar-refractivity contribution < 1.29 is 19.0 Å². The first-order valence-corrected chi connectivity index (χ1v) is 13.9. The zero-order valence-corrected chi connectivity index (χ0v) is 23.6. The summed E-state index contributed by atoms with van der Waals surface area (Å²) in [4.78, 5) is 18.4. The van der Waals surface area contributed by atoms with E-state index < -0.39 is 0 Å². The highest BCUT2D eigenvalue weighted by molar-refractivity contribution is 6.03. The van der Waals surface area contributed by atoms with Crippen LogP contribution in [0, 0.1) is 0 Å². The minimum atomic E-state index is -0.189. The Morgan fingerprint density at radius 1 is 0.875 bits per heavy atom. The number of carbonyl (C=O) groups is 1. The lowest BCUT2D eigenvalue weighted by atomic mass is 9.98. The number of piperazine rings is 1. The molecule has 1 atom stereocenters. The Hall–Kier alpha value is -3.88. The van der Waals surface area contributed by atoms with Crippen LogP contribution in [0.15, 0.2) is 77.9 Å². The zero-order chi connectivity index (χ0) is 27.9. The zero-order valence-electron chi connectivity index (χ0n) is 23.6. The number of carbonyl (C=O) groups excluding carboxylic acids is 1. The maximum absolute atomic E-state index is 13.7. The second-order valence-electron chi connectivity index (χ2n) is 10.1. The van der Waals surface area contributed by atoms with Crippen molar-refractivity contribution in [2.45, 2.75) is 25.9 Å². The van der Waals surface area contributed by atoms with Crippen LogP contribution in [0.5, 0.6) is 17.2 Å². The number of hydrogen-bond donors (Lipinski definition) is 0. The van der Waals surface area contributed by atoms with E-state index in [1.54, 1.807) is 19.2 Å². The summed E-state index contributed by atoms with van der Waals surface area (Å²) in [5.41, 5.74) is 4.11. The van der Waals surface area contributed by atoms with Gasteiger partial charge in [-0.2, -0.15) is 5.10 Å². The molecule has 5 rings (SSSR count). The van der Waals surface area contributed by atoms with Gasteiger partial charge >= 0.3 is 0 Å². The second kappa shape index (κ2) is 13.0. The van der Waals surface area contributed by atoms with Crippen LogP contribution in [-0.2, 0) is 11.3 Å². The molecule has 3 aromatic carbocycles. The summed E-state index contributed by atoms with van der Waals surface area (Å²) in [7, 11) is 3.24. The summed E-state index contributed by atoms with van der Waals surface area (Å²) in [6.07, 6.45) is 0.611. The van der Waals surface area contributed by atoms with Crippen molar-refractivity contribution in [2.75, 3.05) is 53.6 Å². The number of hydrogen-bond acceptors (Lipinski definition) is 7. The van der Waals surface area contributed by atoms with Crippen LogP contribution in [-0.4, -0.2) is 80.0 Å². The van der Waals surface area contributed by atoms with Crippen molar-refractivity contribution in [2.24, 2.45) is 5.10 Å². The molecule has 210 valence electrons. The Bertz CT molecular complexity index is 1300. The van der Waals surface area contributed by atoms with Gasteiger partial charge < -0.3 is 14.2 Å². The van der Waals surface area contributed by atoms with Crippen molar-refractivity contribution >= 4 is 11.6 Å². The number of ether oxygens (including phenoxy) is 3. The third-order valence-electron chi connectivity index (χ3n) is 7.53. The van der Waals surface area contributed by atoms with E-state index >= 15 is 0 Å². The molecule has 1 amide bonds. The summed E-state index contributed by atoms with van der Waals surface area (Å²) in [5, 5.41) is 6.56. The molecule has 0 saturated carbocycles. The third-order valence-corrected chi connectivity index (χ3v) is 7.53. The molecule has 40 heavy (non-hydrogen) atoms. The number of nitrogens with zero attached hydrogens (tertiary/aromatic N) is 4. The first-order chi connectivity index (χ1) is 19.6. The van der Waals surface area contributed by atoms with Crippen molar-refractivity contribution in [3.8, 4) is 17.2 Å². The highest BCUT2D eigenvalue weighted by atomic mass is 16.5. The minimum absolute atomic E-state index is 0.00544. The van der Waals surface area contributed by atoms with Gasteiger partial charge in [0.2, 0.25) is 0 Å². The van der Waals surface area contributed by atoms with Crippen molar-refractivity contribution in [1.82, 2.24) is 14.8 Å². The third kappa shape index (κ3) is 6.46. The molecule has 1 saturated heterocycles. The first kappa shape index (κ1) is 27.7. The Balaban J connectivity index is 1.31. The summed E-state index contributed by atoms with van der Waals surface area (Å²) in [5.74, 6) is 2.12. The Labute approximate surface area is 236 Å². The first-order valence-electron chi connectivity index (χ1n) is 13.9. The topological polar surface area (TPSA) is 66.8 Å². The number of methoxy groups -OCH3 is 2. The Kier molecular flexibility index (Phi) is 8.98. The van der Waals surface area contributed by atoms with E-state index in [-0.39, 0.29) is 11.9 Å². The van der Waals surface area contributed by atoms with E-state index in [0.717, 1.165) is 55.3 Å². The van der Waals surface area contributed by atoms with Crippen LogP contribution in [0.4, 0.5) is 0 Å². The van der Waals surface area contributed by atoms with Crippen LogP contribution < -0.4 is 14.2 Å². The lowest BCUT2D eigenvalue weighted by Gasteiger charge is -2.35. The van der Waals surface area contributed by atoms with Crippen LogP contribution in [0.2, 0.25) is 0 Å². The molecule has 0 aliphatic carbocycles. The lowest BCUT2D eigenvalue weighted by Crippen LogP contribution is -2.49. The van der Waals surface area contributed by atoms with Gasteiger partial charge in [0, 0.05) is 44.7 Å². The van der Waals surface area contributed by atoms with Crippen molar-refractivity contribution in [1.29, 1.82) is 0 Å². The monoisotopic (exact) mass is 542 g/mol. The van der Waals surface area contributed by atoms with E-state index in [0.29, 0.717) is 31.1 Å². The number of rotatable bonds is 10. The van der Waals surface area contributed by atoms with Crippen LogP contribution in [0.3, 0.4) is 0 Å². The van der Waals surface area contributed by atoms with E-state index in [1.807, 2.05) is 55.5 Å². The van der Waals surface area contributed by atoms with E-state index in [1.165, 1.54) is 5.56 Å². The summed E-state index contributed by atoms with van der Waals surface area (Å²) in [6, 6.07) is 24.1. The molecule has 0 aromatic heterocycles. The van der Waals surface area contributed by atoms with Crippen molar-refractivity contribution in [3.63, 3.8) is 0 Å². The quantitative estimate of drug-likeness (QED) is 0.373. The summed E-state index contributed by atoms with van der Waals surface area (Å²) in [6.45, 7) is 7.44. The predicted octanol–water partition coefficient (Wildman–Crippen LogP) is 4.60. The average molecular weight is 543 g/mol. The number of hydrazone groups is 1. The number of amides is 1. The van der Waals surface area contributed by atoms with Crippen LogP contribution in [0.1, 0.15) is 36.1 Å². The van der Waals surface area contributed by atoms with Gasteiger partial charge in [-0.1, -0.05) is 42.5 Å². The Morgan fingerprint density at radius 2 is 1.57 bits per heavy atom. The molecule has 0 N–H and O–H groups in total. The highest BCUT2D eigenvalue weighted by Gasteiger charge is 2.34. The van der Waals surface area contributed by atoms with Gasteiger partial charge in [-0.15, -0.1) is 0 Å². The van der Waals surface area contributed by atoms with Gasteiger partial charge in [-0.25, -0.2) is 5.01 Å². The molecule has 8 nitrogen and oxygen atoms in total. The molecule has 1 unspecified atom stereocenters. The van der Waals surface area contributed by atoms with Gasteiger partial charge in [-0.05, 0) is 48.4 Å². The normalized spacial score (nSPS) is 17.9. The lowest BCUT2D eigenvalue weighted by molar-refractivity contribution is -0.134. The minimum Gasteiger partial charge on any atom is -0.494 e. The van der Waals surface area contributed by atoms with Gasteiger partial charge in [0.05, 0.1) is 39.1 Å². The van der Waals surface area contributed by atoms with E-state index in [4.69, 9.17) is 19.3 Å². The maximum Gasteiger partial charge on any atom is 0.257 e. The molecule has 3 aromatic rings. The maximum atomic E-state index is 13.7. The fourth-order valence-electron chi connectivity index (χ4n) is 5.35. The van der Waals surface area contributed by atoms with Gasteiger partial charge in [-0.3, -0.25) is 14.6 Å². The molecule has 0 radical (unpaired) electrons. The molecule has 0 spiro atoms. The summed E-state index contributed by atoms with van der Waals surface area (Å²) < 4.78 is 16.6. The molecule has 2 heterocycles. The van der Waals surface area contributed by atoms with Gasteiger partial charge in [0.25, 0.3) is 5.91 Å². The smallest absolute Gasteiger partial charge is 0.257 e. The summed E-state index contributed by atoms with van der Waals surface area (Å²) >= 11 is 0. The molecule has 2 aliphatic heterocycles. The molecule has 1 fully saturated rings. The van der Waals surface area contributed by atoms with E-state index in [2.05, 4.69) is 34.1 Å². The van der Waals surface area contributed by atoms with Crippen LogP contribution in [0.25, 0.3) is 0 Å².